The number of anilines is 1. The van der Waals surface area contributed by atoms with Gasteiger partial charge in [-0.05, 0) is 48.9 Å². The minimum Gasteiger partial charge on any atom is -0.494 e. The molecule has 8 nitrogen and oxygen atoms in total. The Balaban J connectivity index is 1.33. The standard InChI is InChI=1S/C24H27N3O5S2/c1-17-16-23(26-24-20(17)4-3-5-21(24)31-2)33-15-10-22(28)25-18-6-8-19(9-7-18)34(29,30)27-11-13-32-14-12-27/h3-9,16H,10-15H2,1-2H3,(H,25,28). The van der Waals surface area contributed by atoms with E-state index in [0.29, 0.717) is 44.2 Å². The summed E-state index contributed by atoms with van der Waals surface area (Å²) in [5.74, 6) is 1.13. The molecule has 1 aliphatic heterocycles. The summed E-state index contributed by atoms with van der Waals surface area (Å²) in [6.07, 6.45) is 0.295. The molecule has 0 bridgehead atoms. The third kappa shape index (κ3) is 5.52. The van der Waals surface area contributed by atoms with Crippen LogP contribution in [0.3, 0.4) is 0 Å². The molecule has 34 heavy (non-hydrogen) atoms. The number of methoxy groups -OCH3 is 1. The van der Waals surface area contributed by atoms with Gasteiger partial charge in [0.25, 0.3) is 0 Å². The molecule has 4 rings (SSSR count). The summed E-state index contributed by atoms with van der Waals surface area (Å²) < 4.78 is 37.5. The largest absolute Gasteiger partial charge is 0.494 e. The number of sulfonamides is 1. The van der Waals surface area contributed by atoms with Gasteiger partial charge >= 0.3 is 0 Å². The Hall–Kier alpha value is -2.66. The van der Waals surface area contributed by atoms with Crippen LogP contribution in [-0.4, -0.2) is 62.8 Å². The number of hydrogen-bond acceptors (Lipinski definition) is 7. The number of para-hydroxylation sites is 1. The van der Waals surface area contributed by atoms with Crippen molar-refractivity contribution in [1.82, 2.24) is 9.29 Å². The zero-order chi connectivity index (χ0) is 24.1. The van der Waals surface area contributed by atoms with Crippen molar-refractivity contribution in [3.63, 3.8) is 0 Å². The van der Waals surface area contributed by atoms with Crippen molar-refractivity contribution >= 4 is 44.3 Å². The Morgan fingerprint density at radius 2 is 1.91 bits per heavy atom. The van der Waals surface area contributed by atoms with Crippen LogP contribution in [0.15, 0.2) is 58.5 Å². The minimum atomic E-state index is -3.56. The Bertz CT molecular complexity index is 1270. The lowest BCUT2D eigenvalue weighted by Gasteiger charge is -2.26. The molecule has 0 radical (unpaired) electrons. The van der Waals surface area contributed by atoms with Crippen LogP contribution in [0, 0.1) is 6.92 Å². The van der Waals surface area contributed by atoms with Gasteiger partial charge in [-0.3, -0.25) is 4.79 Å². The van der Waals surface area contributed by atoms with Gasteiger partial charge in [0.05, 0.1) is 30.2 Å². The number of amides is 1. The molecule has 1 saturated heterocycles. The fraction of sp³-hybridized carbons (Fsp3) is 0.333. The molecule has 1 fully saturated rings. The predicted octanol–water partition coefficient (Wildman–Crippen LogP) is 3.69. The van der Waals surface area contributed by atoms with Gasteiger partial charge < -0.3 is 14.8 Å². The van der Waals surface area contributed by atoms with Crippen molar-refractivity contribution in [3.8, 4) is 5.75 Å². The molecule has 1 aromatic heterocycles. The molecule has 10 heteroatoms. The first-order valence-corrected chi connectivity index (χ1v) is 13.4. The molecule has 0 unspecified atom stereocenters. The van der Waals surface area contributed by atoms with Crippen molar-refractivity contribution in [1.29, 1.82) is 0 Å². The molecule has 0 aliphatic carbocycles. The molecule has 2 aromatic carbocycles. The van der Waals surface area contributed by atoms with E-state index in [1.165, 1.54) is 28.2 Å². The lowest BCUT2D eigenvalue weighted by molar-refractivity contribution is -0.115. The molecule has 1 amide bonds. The number of fused-ring (bicyclic) bond motifs is 1. The van der Waals surface area contributed by atoms with E-state index in [4.69, 9.17) is 14.5 Å². The quantitative estimate of drug-likeness (QED) is 0.470. The van der Waals surface area contributed by atoms with E-state index in [9.17, 15) is 13.2 Å². The highest BCUT2D eigenvalue weighted by molar-refractivity contribution is 7.99. The van der Waals surface area contributed by atoms with E-state index in [1.807, 2.05) is 31.2 Å². The summed E-state index contributed by atoms with van der Waals surface area (Å²) >= 11 is 1.51. The zero-order valence-corrected chi connectivity index (χ0v) is 20.7. The number of morpholine rings is 1. The molecular formula is C24H27N3O5S2. The number of ether oxygens (including phenoxy) is 2. The normalized spacial score (nSPS) is 14.8. The van der Waals surface area contributed by atoms with Gasteiger partial charge in [-0.2, -0.15) is 4.31 Å². The molecule has 180 valence electrons. The van der Waals surface area contributed by atoms with Gasteiger partial charge in [0.15, 0.2) is 0 Å². The topological polar surface area (TPSA) is 97.8 Å². The van der Waals surface area contributed by atoms with Crippen LogP contribution in [0.5, 0.6) is 5.75 Å². The van der Waals surface area contributed by atoms with Gasteiger partial charge in [0.2, 0.25) is 15.9 Å². The smallest absolute Gasteiger partial charge is 0.243 e. The second-order valence-corrected chi connectivity index (χ2v) is 10.9. The monoisotopic (exact) mass is 501 g/mol. The number of aryl methyl sites for hydroxylation is 1. The summed E-state index contributed by atoms with van der Waals surface area (Å²) in [5, 5.41) is 4.70. The summed E-state index contributed by atoms with van der Waals surface area (Å²) in [7, 11) is -1.93. The SMILES string of the molecule is COc1cccc2c(C)cc(SCCC(=O)Nc3ccc(S(=O)(=O)N4CCOCC4)cc3)nc12. The fourth-order valence-corrected chi connectivity index (χ4v) is 6.04. The molecule has 1 aliphatic rings. The first-order chi connectivity index (χ1) is 16.4. The number of thioether (sulfide) groups is 1. The van der Waals surface area contributed by atoms with Crippen LogP contribution in [-0.2, 0) is 19.6 Å². The first kappa shape index (κ1) is 24.5. The van der Waals surface area contributed by atoms with Crippen LogP contribution in [0.25, 0.3) is 10.9 Å². The highest BCUT2D eigenvalue weighted by Crippen LogP contribution is 2.30. The molecule has 2 heterocycles. The van der Waals surface area contributed by atoms with Gasteiger partial charge in [-0.25, -0.2) is 13.4 Å². The van der Waals surface area contributed by atoms with E-state index >= 15 is 0 Å². The number of rotatable bonds is 8. The van der Waals surface area contributed by atoms with E-state index in [-0.39, 0.29) is 10.8 Å². The van der Waals surface area contributed by atoms with Crippen LogP contribution < -0.4 is 10.1 Å². The molecule has 0 spiro atoms. The van der Waals surface area contributed by atoms with E-state index in [2.05, 4.69) is 5.32 Å². The minimum absolute atomic E-state index is 0.147. The lowest BCUT2D eigenvalue weighted by atomic mass is 10.1. The highest BCUT2D eigenvalue weighted by atomic mass is 32.2. The fourth-order valence-electron chi connectivity index (χ4n) is 3.72. The number of benzene rings is 2. The third-order valence-corrected chi connectivity index (χ3v) is 8.36. The van der Waals surface area contributed by atoms with E-state index in [0.717, 1.165) is 27.2 Å². The van der Waals surface area contributed by atoms with Gasteiger partial charge in [-0.1, -0.05) is 12.1 Å². The second kappa shape index (κ2) is 10.7. The predicted molar refractivity (Wildman–Crippen MR) is 133 cm³/mol. The summed E-state index contributed by atoms with van der Waals surface area (Å²) in [6, 6.07) is 14.1. The average Bonchev–Trinajstić information content (AvgIpc) is 2.84. The number of nitrogens with zero attached hydrogens (tertiary/aromatic N) is 2. The van der Waals surface area contributed by atoms with Gasteiger partial charge in [-0.15, -0.1) is 11.8 Å². The number of carbonyl (C=O) groups excluding carboxylic acids is 1. The Morgan fingerprint density at radius 1 is 1.18 bits per heavy atom. The maximum atomic E-state index is 12.7. The highest BCUT2D eigenvalue weighted by Gasteiger charge is 2.26. The number of hydrogen-bond donors (Lipinski definition) is 1. The van der Waals surface area contributed by atoms with Crippen LogP contribution >= 0.6 is 11.8 Å². The number of nitrogens with one attached hydrogen (secondary N) is 1. The number of aromatic nitrogens is 1. The third-order valence-electron chi connectivity index (χ3n) is 5.53. The molecule has 0 atom stereocenters. The van der Waals surface area contributed by atoms with Gasteiger partial charge in [0.1, 0.15) is 11.3 Å². The van der Waals surface area contributed by atoms with Crippen molar-refractivity contribution < 1.29 is 22.7 Å². The average molecular weight is 502 g/mol. The summed E-state index contributed by atoms with van der Waals surface area (Å²) in [5.41, 5.74) is 2.47. The second-order valence-electron chi connectivity index (χ2n) is 7.82. The summed E-state index contributed by atoms with van der Waals surface area (Å²) in [4.78, 5) is 17.3. The van der Waals surface area contributed by atoms with Crippen LogP contribution in [0.4, 0.5) is 5.69 Å². The first-order valence-electron chi connectivity index (χ1n) is 10.9. The maximum absolute atomic E-state index is 12.7. The molecular weight excluding hydrogens is 474 g/mol. The van der Waals surface area contributed by atoms with E-state index < -0.39 is 10.0 Å². The maximum Gasteiger partial charge on any atom is 0.243 e. The number of carbonyl (C=O) groups is 1. The van der Waals surface area contributed by atoms with Gasteiger partial charge in [0, 0.05) is 36.3 Å². The Kier molecular flexibility index (Phi) is 7.72. The van der Waals surface area contributed by atoms with Crippen LogP contribution in [0.1, 0.15) is 12.0 Å². The Morgan fingerprint density at radius 3 is 2.62 bits per heavy atom. The van der Waals surface area contributed by atoms with Crippen LogP contribution in [0.2, 0.25) is 0 Å². The summed E-state index contributed by atoms with van der Waals surface area (Å²) in [6.45, 7) is 3.51. The molecule has 0 saturated carbocycles. The lowest BCUT2D eigenvalue weighted by Crippen LogP contribution is -2.40. The van der Waals surface area contributed by atoms with Crippen molar-refractivity contribution in [2.45, 2.75) is 23.3 Å². The van der Waals surface area contributed by atoms with Crippen molar-refractivity contribution in [2.75, 3.05) is 44.5 Å². The molecule has 3 aromatic rings. The number of pyridine rings is 1. The van der Waals surface area contributed by atoms with Crippen molar-refractivity contribution in [3.05, 3.63) is 54.1 Å². The Labute approximate surface area is 203 Å². The van der Waals surface area contributed by atoms with Crippen molar-refractivity contribution in [2.24, 2.45) is 0 Å². The molecule has 1 N–H and O–H groups in total. The zero-order valence-electron chi connectivity index (χ0n) is 19.1. The van der Waals surface area contributed by atoms with E-state index in [1.54, 1.807) is 19.2 Å².